The largest absolute Gasteiger partial charge is 0.478 e. The van der Waals surface area contributed by atoms with E-state index in [1.165, 1.54) is 24.4 Å². The Bertz CT molecular complexity index is 3640. The molecule has 33 heteroatoms. The van der Waals surface area contributed by atoms with Crippen molar-refractivity contribution in [2.75, 3.05) is 5.73 Å². The molecule has 0 aliphatic carbocycles. The normalized spacial score (nSPS) is 13.0. The highest BCUT2D eigenvalue weighted by Crippen LogP contribution is 2.59. The van der Waals surface area contributed by atoms with Crippen LogP contribution >= 0.6 is 43.5 Å². The summed E-state index contributed by atoms with van der Waals surface area (Å²) in [4.78, 5) is 46.5. The molecule has 1 unspecified atom stereocenters. The molecule has 0 fully saturated rings. The summed E-state index contributed by atoms with van der Waals surface area (Å²) in [5.41, 5.74) is -9.72. The fraction of sp³-hybridized carbons (Fsp3) is 0.192. The number of nitrogen functional groups attached to an aromatic ring is 1. The second-order valence-corrected chi connectivity index (χ2v) is 18.9. The Morgan fingerprint density at radius 1 is 0.506 bits per heavy atom. The lowest BCUT2D eigenvalue weighted by molar-refractivity contribution is -0.389. The monoisotopic (exact) mass is 1380 g/mol. The van der Waals surface area contributed by atoms with Crippen LogP contribution in [0, 0.1) is 0 Å². The quantitative estimate of drug-likeness (QED) is 0.0523. The molecule has 3 heterocycles. The lowest BCUT2D eigenvalue weighted by Gasteiger charge is -2.36. The zero-order chi connectivity index (χ0) is 64.0. The Balaban J connectivity index is 0.000000224. The highest BCUT2D eigenvalue weighted by molar-refractivity contribution is 9.11. The van der Waals surface area contributed by atoms with E-state index in [0.29, 0.717) is 22.0 Å². The van der Waals surface area contributed by atoms with Crippen LogP contribution in [0.4, 0.5) is 93.5 Å². The molecule has 0 spiro atoms. The molecule has 8 rings (SSSR count). The summed E-state index contributed by atoms with van der Waals surface area (Å²) in [6, 6.07) is 24.3. The molecule has 3 aromatic heterocycles. The van der Waals surface area contributed by atoms with E-state index in [0.717, 1.165) is 21.8 Å². The van der Waals surface area contributed by atoms with Gasteiger partial charge < -0.3 is 20.3 Å². The van der Waals surface area contributed by atoms with Gasteiger partial charge in [-0.1, -0.05) is 34.1 Å². The van der Waals surface area contributed by atoms with Crippen LogP contribution in [0.2, 0.25) is 0 Å². The molecule has 0 aliphatic heterocycles. The molecule has 10 nitrogen and oxygen atoms in total. The number of ketones is 1. The Morgan fingerprint density at radius 3 is 1.29 bits per heavy atom. The van der Waals surface area contributed by atoms with Crippen LogP contribution in [0.1, 0.15) is 47.8 Å². The number of alkyl halides is 20. The number of nitrogens with two attached hydrogens (primary N) is 1. The van der Waals surface area contributed by atoms with Gasteiger partial charge in [0.2, 0.25) is 0 Å². The SMILES string of the molecule is Nc1c(Br)cc(C(F)(C(F)(F)F)C(F)(F)C(F)(F)F)cc1OC(F)F.O=C(Cc1c(Br)cc(C(F)(C(F)(F)F)C(F)(F)F)cc1OC(F)F)c1ccc2ncccc2c1.O=C(Cl)c1ccc2ncccc2c1.O=C(O)c1ccc2ncccc2c1. The third-order valence-corrected chi connectivity index (χ3v) is 13.0. The van der Waals surface area contributed by atoms with Crippen LogP contribution in [0.5, 0.6) is 11.5 Å². The summed E-state index contributed by atoms with van der Waals surface area (Å²) in [7, 11) is 0. The second kappa shape index (κ2) is 26.3. The fourth-order valence-electron chi connectivity index (χ4n) is 7.29. The minimum absolute atomic E-state index is 0.0601. The molecule has 454 valence electrons. The minimum Gasteiger partial charge on any atom is -0.478 e. The van der Waals surface area contributed by atoms with E-state index in [-0.39, 0.29) is 23.8 Å². The fourth-order valence-corrected chi connectivity index (χ4v) is 8.43. The van der Waals surface area contributed by atoms with E-state index in [1.807, 2.05) is 18.2 Å². The van der Waals surface area contributed by atoms with Gasteiger partial charge >= 0.3 is 61.2 Å². The van der Waals surface area contributed by atoms with Crippen molar-refractivity contribution in [3.63, 3.8) is 0 Å². The van der Waals surface area contributed by atoms with Gasteiger partial charge in [-0.15, -0.1) is 0 Å². The lowest BCUT2D eigenvalue weighted by atomic mass is 9.87. The van der Waals surface area contributed by atoms with Gasteiger partial charge in [0.15, 0.2) is 11.5 Å². The van der Waals surface area contributed by atoms with E-state index in [9.17, 15) is 102 Å². The molecular weight excluding hydrogens is 1350 g/mol. The van der Waals surface area contributed by atoms with Crippen LogP contribution in [0.15, 0.2) is 143 Å². The molecule has 1 atom stereocenters. The number of carbonyl (C=O) groups excluding carboxylic acids is 2. The van der Waals surface area contributed by atoms with Gasteiger partial charge in [-0.05, 0) is 125 Å². The van der Waals surface area contributed by atoms with Gasteiger partial charge in [0, 0.05) is 77.9 Å². The van der Waals surface area contributed by atoms with Crippen molar-refractivity contribution in [1.29, 1.82) is 0 Å². The Hall–Kier alpha value is -7.61. The van der Waals surface area contributed by atoms with Crippen molar-refractivity contribution in [2.45, 2.75) is 61.6 Å². The number of halogens is 23. The molecule has 5 aromatic carbocycles. The number of carboxylic acids is 1. The van der Waals surface area contributed by atoms with Crippen LogP contribution in [-0.2, 0) is 17.8 Å². The molecular formula is C52H29Br2ClF20N4O6. The number of ether oxygens (including phenoxy) is 2. The number of hydrogen-bond donors (Lipinski definition) is 2. The van der Waals surface area contributed by atoms with Gasteiger partial charge in [0.25, 0.3) is 5.24 Å². The van der Waals surface area contributed by atoms with Crippen molar-refractivity contribution in [2.24, 2.45) is 0 Å². The number of benzene rings is 5. The van der Waals surface area contributed by atoms with Crippen molar-refractivity contribution >= 4 is 98.9 Å². The number of carboxylic acid groups (broad SMARTS) is 1. The van der Waals surface area contributed by atoms with Gasteiger partial charge in [-0.2, -0.15) is 79.0 Å². The van der Waals surface area contributed by atoms with Gasteiger partial charge in [-0.25, -0.2) is 13.6 Å². The van der Waals surface area contributed by atoms with E-state index in [1.54, 1.807) is 67.0 Å². The van der Waals surface area contributed by atoms with Gasteiger partial charge in [0.1, 0.15) is 5.75 Å². The number of anilines is 1. The number of pyridine rings is 3. The third-order valence-electron chi connectivity index (χ3n) is 11.4. The van der Waals surface area contributed by atoms with Crippen molar-refractivity contribution in [3.05, 3.63) is 176 Å². The third kappa shape index (κ3) is 15.5. The maximum atomic E-state index is 14.5. The predicted molar refractivity (Wildman–Crippen MR) is 271 cm³/mol. The Labute approximate surface area is 483 Å². The van der Waals surface area contributed by atoms with Crippen molar-refractivity contribution in [1.82, 2.24) is 15.0 Å². The maximum Gasteiger partial charge on any atom is 0.457 e. The number of nitrogens with zero attached hydrogens (tertiary/aromatic N) is 3. The average Bonchev–Trinajstić information content (AvgIpc) is 2.44. The summed E-state index contributed by atoms with van der Waals surface area (Å²) in [5.74, 6) is -11.2. The first-order chi connectivity index (χ1) is 39.2. The molecule has 3 N–H and O–H groups in total. The van der Waals surface area contributed by atoms with Crippen LogP contribution in [0.3, 0.4) is 0 Å². The zero-order valence-electron chi connectivity index (χ0n) is 41.2. The lowest BCUT2D eigenvalue weighted by Crippen LogP contribution is -2.59. The molecule has 85 heavy (non-hydrogen) atoms. The summed E-state index contributed by atoms with van der Waals surface area (Å²) >= 11 is 10.4. The van der Waals surface area contributed by atoms with E-state index in [2.05, 4.69) is 56.3 Å². The molecule has 0 aliphatic rings. The standard InChI is InChI=1S/C21H11BrF9NO2.C11H5BrF11NO.C10H6ClNO.C10H7NO2/c22-14-7-12(19(25,20(26,27)28)21(29,30)31)8-17(34-18(23)24)13(14)9-16(33)11-3-4-15-10(6-11)2-1-5-32-15;12-4-1-3(2-5(6(4)24)25-7(13)14)8(15,10(18,19)20)9(16,17)11(21,22)23;11-10(13)8-3-4-9-7(6-8)2-1-5-12-9;12-10(13)8-3-4-9-7(6-8)2-1-5-11-9/h1-8,18H,9H2;1-2,7H,24H2;1-6H;1-6H,(H,12,13). The predicted octanol–water partition coefficient (Wildman–Crippen LogP) is 17.4. The number of carbonyl (C=O) groups is 3. The highest BCUT2D eigenvalue weighted by atomic mass is 79.9. The smallest absolute Gasteiger partial charge is 0.457 e. The molecule has 0 amide bonds. The zero-order valence-corrected chi connectivity index (χ0v) is 45.1. The number of rotatable bonds is 12. The topological polar surface area (TPSA) is 155 Å². The molecule has 8 aromatic rings. The van der Waals surface area contributed by atoms with Crippen LogP contribution in [0.25, 0.3) is 32.7 Å². The first-order valence-electron chi connectivity index (χ1n) is 22.5. The summed E-state index contributed by atoms with van der Waals surface area (Å²) < 4.78 is 266. The molecule has 0 radical (unpaired) electrons. The number of fused-ring (bicyclic) bond motifs is 3. The number of Topliss-reactive ketones (excluding diaryl/α,β-unsaturated/α-hetero) is 1. The highest BCUT2D eigenvalue weighted by Gasteiger charge is 2.82. The first kappa shape index (κ1) is 68.2. The van der Waals surface area contributed by atoms with E-state index >= 15 is 0 Å². The maximum absolute atomic E-state index is 14.5. The van der Waals surface area contributed by atoms with Crippen LogP contribution in [-0.4, -0.2) is 80.9 Å². The van der Waals surface area contributed by atoms with Crippen molar-refractivity contribution < 1.29 is 117 Å². The minimum atomic E-state index is -6.95. The van der Waals surface area contributed by atoms with Crippen molar-refractivity contribution in [3.8, 4) is 11.5 Å². The Morgan fingerprint density at radius 2 is 0.882 bits per heavy atom. The first-order valence-corrected chi connectivity index (χ1v) is 24.5. The number of hydrogen-bond acceptors (Lipinski definition) is 9. The van der Waals surface area contributed by atoms with Crippen LogP contribution < -0.4 is 15.2 Å². The Kier molecular flexibility index (Phi) is 21.1. The molecule has 0 saturated carbocycles. The number of aromatic nitrogens is 3. The van der Waals surface area contributed by atoms with E-state index < -0.39 is 127 Å². The van der Waals surface area contributed by atoms with Gasteiger partial charge in [-0.3, -0.25) is 24.5 Å². The van der Waals surface area contributed by atoms with E-state index in [4.69, 9.17) is 22.4 Å². The summed E-state index contributed by atoms with van der Waals surface area (Å²) in [6.07, 6.45) is -22.5. The second-order valence-electron chi connectivity index (χ2n) is 16.9. The summed E-state index contributed by atoms with van der Waals surface area (Å²) in [5, 5.41) is 10.6. The van der Waals surface area contributed by atoms with Gasteiger partial charge in [0.05, 0.1) is 27.8 Å². The molecule has 0 saturated heterocycles. The summed E-state index contributed by atoms with van der Waals surface area (Å²) in [6.45, 7) is -7.42. The number of aromatic carboxylic acids is 1. The molecule has 0 bridgehead atoms. The average molecular weight is 1380 g/mol.